The molecule has 0 saturated carbocycles. The van der Waals surface area contributed by atoms with Gasteiger partial charge in [0.15, 0.2) is 0 Å². The number of benzene rings is 4. The van der Waals surface area contributed by atoms with Crippen molar-refractivity contribution < 1.29 is 22.7 Å². The van der Waals surface area contributed by atoms with Crippen molar-refractivity contribution in [3.8, 4) is 5.75 Å². The Hall–Kier alpha value is -3.86. The molecule has 0 spiro atoms. The van der Waals surface area contributed by atoms with Crippen LogP contribution in [-0.4, -0.2) is 51.9 Å². The van der Waals surface area contributed by atoms with Crippen molar-refractivity contribution in [2.75, 3.05) is 25.0 Å². The summed E-state index contributed by atoms with van der Waals surface area (Å²) in [4.78, 5) is 29.2. The second kappa shape index (κ2) is 14.7. The Balaban J connectivity index is 1.83. The van der Waals surface area contributed by atoms with Crippen molar-refractivity contribution in [1.29, 1.82) is 0 Å². The number of hydrogen-bond donors (Lipinski definition) is 1. The summed E-state index contributed by atoms with van der Waals surface area (Å²) < 4.78 is 35.8. The monoisotopic (exact) mass is 697 g/mol. The summed E-state index contributed by atoms with van der Waals surface area (Å²) in [6, 6.07) is 26.7. The first-order valence-corrected chi connectivity index (χ1v) is 16.4. The minimum atomic E-state index is -4.30. The van der Waals surface area contributed by atoms with Crippen LogP contribution >= 0.6 is 27.5 Å². The number of methoxy groups -OCH3 is 1. The molecule has 230 valence electrons. The van der Waals surface area contributed by atoms with E-state index in [4.69, 9.17) is 16.3 Å². The number of nitrogens with one attached hydrogen (secondary N) is 1. The minimum Gasteiger partial charge on any atom is -0.495 e. The van der Waals surface area contributed by atoms with Gasteiger partial charge in [-0.2, -0.15) is 0 Å². The van der Waals surface area contributed by atoms with E-state index in [9.17, 15) is 18.0 Å². The topological polar surface area (TPSA) is 96.0 Å². The van der Waals surface area contributed by atoms with E-state index in [1.807, 2.05) is 61.5 Å². The number of likely N-dealkylation sites (N-methyl/N-ethyl adjacent to an activating group) is 1. The van der Waals surface area contributed by atoms with Crippen LogP contribution in [0.4, 0.5) is 5.69 Å². The highest BCUT2D eigenvalue weighted by Gasteiger charge is 2.35. The fourth-order valence-corrected chi connectivity index (χ4v) is 6.56. The fraction of sp³-hybridized carbons (Fsp3) is 0.212. The Labute approximate surface area is 271 Å². The van der Waals surface area contributed by atoms with Gasteiger partial charge in [0, 0.05) is 29.5 Å². The van der Waals surface area contributed by atoms with Gasteiger partial charge < -0.3 is 15.0 Å². The van der Waals surface area contributed by atoms with Gasteiger partial charge in [-0.1, -0.05) is 87.7 Å². The zero-order chi connectivity index (χ0) is 31.9. The zero-order valence-electron chi connectivity index (χ0n) is 24.5. The first-order valence-electron chi connectivity index (χ1n) is 13.8. The predicted octanol–water partition coefficient (Wildman–Crippen LogP) is 6.00. The maximum Gasteiger partial charge on any atom is 0.264 e. The number of anilines is 1. The van der Waals surface area contributed by atoms with Gasteiger partial charge in [-0.05, 0) is 60.5 Å². The molecule has 4 rings (SSSR count). The molecule has 0 fully saturated rings. The van der Waals surface area contributed by atoms with Crippen LogP contribution in [0, 0.1) is 6.92 Å². The molecule has 0 radical (unpaired) electrons. The Morgan fingerprint density at radius 1 is 0.932 bits per heavy atom. The molecule has 0 aromatic heterocycles. The molecular weight excluding hydrogens is 666 g/mol. The number of nitrogens with zero attached hydrogens (tertiary/aromatic N) is 2. The molecule has 4 aromatic rings. The maximum absolute atomic E-state index is 14.4. The van der Waals surface area contributed by atoms with Crippen LogP contribution in [0.15, 0.2) is 106 Å². The van der Waals surface area contributed by atoms with E-state index in [1.165, 1.54) is 37.3 Å². The second-order valence-corrected chi connectivity index (χ2v) is 13.3. The number of hydrogen-bond acceptors (Lipinski definition) is 5. The summed E-state index contributed by atoms with van der Waals surface area (Å²) in [5.41, 5.74) is 2.58. The SMILES string of the molecule is CNC(=O)C(Cc1ccccc1)N(Cc1ccc(Br)cc1)C(=O)CN(c1cc(Cl)ccc1OC)S(=O)(=O)c1ccc(C)cc1. The number of sulfonamides is 1. The lowest BCUT2D eigenvalue weighted by Crippen LogP contribution is -2.53. The first-order chi connectivity index (χ1) is 21.0. The van der Waals surface area contributed by atoms with Gasteiger partial charge in [-0.15, -0.1) is 0 Å². The van der Waals surface area contributed by atoms with Crippen molar-refractivity contribution in [3.63, 3.8) is 0 Å². The Bertz CT molecular complexity index is 1700. The van der Waals surface area contributed by atoms with E-state index in [0.717, 1.165) is 25.5 Å². The number of rotatable bonds is 12. The summed E-state index contributed by atoms with van der Waals surface area (Å²) >= 11 is 9.76. The molecular formula is C33H33BrClN3O5S. The average Bonchev–Trinajstić information content (AvgIpc) is 3.02. The van der Waals surface area contributed by atoms with Gasteiger partial charge in [0.25, 0.3) is 10.0 Å². The van der Waals surface area contributed by atoms with E-state index >= 15 is 0 Å². The fourth-order valence-electron chi connectivity index (χ4n) is 4.72. The van der Waals surface area contributed by atoms with Crippen LogP contribution < -0.4 is 14.4 Å². The molecule has 8 nitrogen and oxygen atoms in total. The number of carbonyl (C=O) groups is 2. The number of halogens is 2. The zero-order valence-corrected chi connectivity index (χ0v) is 27.7. The third kappa shape index (κ3) is 7.99. The lowest BCUT2D eigenvalue weighted by atomic mass is 10.0. The van der Waals surface area contributed by atoms with Crippen molar-refractivity contribution in [2.45, 2.75) is 30.8 Å². The molecule has 11 heteroatoms. The summed E-state index contributed by atoms with van der Waals surface area (Å²) in [5, 5.41) is 2.94. The average molecular weight is 699 g/mol. The third-order valence-corrected chi connectivity index (χ3v) is 9.62. The highest BCUT2D eigenvalue weighted by atomic mass is 79.9. The molecule has 0 bridgehead atoms. The maximum atomic E-state index is 14.4. The van der Waals surface area contributed by atoms with Crippen LogP contribution in [0.5, 0.6) is 5.75 Å². The highest BCUT2D eigenvalue weighted by molar-refractivity contribution is 9.10. The molecule has 4 aromatic carbocycles. The van der Waals surface area contributed by atoms with E-state index in [2.05, 4.69) is 21.2 Å². The van der Waals surface area contributed by atoms with Crippen LogP contribution in [-0.2, 0) is 32.6 Å². The number of ether oxygens (including phenoxy) is 1. The first kappa shape index (κ1) is 33.0. The van der Waals surface area contributed by atoms with Crippen molar-refractivity contribution in [2.24, 2.45) is 0 Å². The molecule has 0 saturated heterocycles. The van der Waals surface area contributed by atoms with E-state index in [0.29, 0.717) is 0 Å². The number of aryl methyl sites for hydroxylation is 1. The Morgan fingerprint density at radius 3 is 2.20 bits per heavy atom. The standard InChI is InChI=1S/C33H33BrClN3O5S/c1-23-9-16-28(17-10-23)44(41,42)38(29-20-27(35)15-18-31(29)43-3)22-32(39)37(21-25-11-13-26(34)14-12-25)30(33(40)36-2)19-24-7-5-4-6-8-24/h4-18,20,30H,19,21-22H2,1-3H3,(H,36,40). The lowest BCUT2D eigenvalue weighted by Gasteiger charge is -2.34. The van der Waals surface area contributed by atoms with Gasteiger partial charge in [-0.25, -0.2) is 8.42 Å². The molecule has 0 aliphatic heterocycles. The molecule has 2 amide bonds. The van der Waals surface area contributed by atoms with Crippen LogP contribution in [0.3, 0.4) is 0 Å². The molecule has 1 unspecified atom stereocenters. The molecule has 1 atom stereocenters. The Kier molecular flexibility index (Phi) is 11.1. The molecule has 0 heterocycles. The summed E-state index contributed by atoms with van der Waals surface area (Å²) in [6.07, 6.45) is 0.216. The lowest BCUT2D eigenvalue weighted by molar-refractivity contribution is -0.139. The number of carbonyl (C=O) groups excluding carboxylic acids is 2. The Morgan fingerprint density at radius 2 is 1.59 bits per heavy atom. The molecule has 0 aliphatic rings. The van der Waals surface area contributed by atoms with E-state index in [1.54, 1.807) is 24.3 Å². The van der Waals surface area contributed by atoms with Crippen molar-refractivity contribution >= 4 is 55.1 Å². The van der Waals surface area contributed by atoms with Gasteiger partial charge in [-0.3, -0.25) is 13.9 Å². The summed E-state index contributed by atoms with van der Waals surface area (Å²) in [7, 11) is -1.38. The van der Waals surface area contributed by atoms with E-state index in [-0.39, 0.29) is 40.2 Å². The second-order valence-electron chi connectivity index (χ2n) is 10.1. The molecule has 1 N–H and O–H groups in total. The summed E-state index contributed by atoms with van der Waals surface area (Å²) in [5.74, 6) is -0.757. The van der Waals surface area contributed by atoms with Crippen molar-refractivity contribution in [3.05, 3.63) is 123 Å². The normalized spacial score (nSPS) is 11.8. The highest BCUT2D eigenvalue weighted by Crippen LogP contribution is 2.35. The largest absolute Gasteiger partial charge is 0.495 e. The quantitative estimate of drug-likeness (QED) is 0.196. The van der Waals surface area contributed by atoms with Crippen LogP contribution in [0.2, 0.25) is 5.02 Å². The summed E-state index contributed by atoms with van der Waals surface area (Å²) in [6.45, 7) is 1.29. The van der Waals surface area contributed by atoms with Gasteiger partial charge >= 0.3 is 0 Å². The smallest absolute Gasteiger partial charge is 0.264 e. The minimum absolute atomic E-state index is 0.00970. The van der Waals surface area contributed by atoms with Crippen LogP contribution in [0.1, 0.15) is 16.7 Å². The third-order valence-electron chi connectivity index (χ3n) is 7.08. The van der Waals surface area contributed by atoms with Gasteiger partial charge in [0.1, 0.15) is 18.3 Å². The predicted molar refractivity (Wildman–Crippen MR) is 176 cm³/mol. The molecule has 44 heavy (non-hydrogen) atoms. The van der Waals surface area contributed by atoms with Gasteiger partial charge in [0.05, 0.1) is 17.7 Å². The van der Waals surface area contributed by atoms with Crippen LogP contribution in [0.25, 0.3) is 0 Å². The molecule has 0 aliphatic carbocycles. The van der Waals surface area contributed by atoms with Gasteiger partial charge in [0.2, 0.25) is 11.8 Å². The number of amides is 2. The van der Waals surface area contributed by atoms with Crippen molar-refractivity contribution in [1.82, 2.24) is 10.2 Å². The van der Waals surface area contributed by atoms with E-state index < -0.39 is 28.5 Å².